The second-order valence-electron chi connectivity index (χ2n) is 4.40. The maximum absolute atomic E-state index is 12.9. The van der Waals surface area contributed by atoms with E-state index in [0.29, 0.717) is 23.0 Å². The molecular weight excluding hydrogens is 284 g/mol. The van der Waals surface area contributed by atoms with Gasteiger partial charge in [-0.2, -0.15) is 0 Å². The summed E-state index contributed by atoms with van der Waals surface area (Å²) in [6, 6.07) is 11.9. The van der Waals surface area contributed by atoms with E-state index < -0.39 is 0 Å². The van der Waals surface area contributed by atoms with E-state index in [1.165, 1.54) is 12.1 Å². The van der Waals surface area contributed by atoms with Crippen LogP contribution in [-0.4, -0.2) is 6.54 Å². The van der Waals surface area contributed by atoms with Crippen LogP contribution in [0.15, 0.2) is 42.5 Å². The molecule has 100 valence electrons. The zero-order valence-corrected chi connectivity index (χ0v) is 11.8. The van der Waals surface area contributed by atoms with Crippen LogP contribution in [0.5, 0.6) is 0 Å². The lowest BCUT2D eigenvalue weighted by molar-refractivity contribution is 0.623. The molecular formula is C15H14Cl2FN. The molecule has 2 aromatic rings. The maximum atomic E-state index is 12.9. The van der Waals surface area contributed by atoms with E-state index in [2.05, 4.69) is 0 Å². The van der Waals surface area contributed by atoms with Crippen molar-refractivity contribution in [2.75, 3.05) is 6.54 Å². The predicted molar refractivity (Wildman–Crippen MR) is 78.4 cm³/mol. The van der Waals surface area contributed by atoms with Gasteiger partial charge in [0.15, 0.2) is 0 Å². The van der Waals surface area contributed by atoms with Gasteiger partial charge in [0.2, 0.25) is 0 Å². The van der Waals surface area contributed by atoms with Gasteiger partial charge in [-0.25, -0.2) is 4.39 Å². The monoisotopic (exact) mass is 297 g/mol. The van der Waals surface area contributed by atoms with Gasteiger partial charge in [0.25, 0.3) is 0 Å². The van der Waals surface area contributed by atoms with Gasteiger partial charge in [-0.3, -0.25) is 0 Å². The summed E-state index contributed by atoms with van der Waals surface area (Å²) < 4.78 is 12.9. The third-order valence-corrected chi connectivity index (χ3v) is 3.98. The third-order valence-electron chi connectivity index (χ3n) is 3.12. The van der Waals surface area contributed by atoms with E-state index in [1.54, 1.807) is 18.2 Å². The third kappa shape index (κ3) is 3.47. The number of hydrogen-bond donors (Lipinski definition) is 1. The van der Waals surface area contributed by atoms with Crippen LogP contribution in [0.3, 0.4) is 0 Å². The van der Waals surface area contributed by atoms with Crippen LogP contribution in [0.4, 0.5) is 4.39 Å². The molecule has 0 heterocycles. The van der Waals surface area contributed by atoms with Crippen molar-refractivity contribution in [2.45, 2.75) is 12.3 Å². The number of nitrogens with two attached hydrogens (primary N) is 1. The molecule has 19 heavy (non-hydrogen) atoms. The molecule has 0 bridgehead atoms. The Bertz CT molecular complexity index is 555. The molecule has 0 aromatic heterocycles. The van der Waals surface area contributed by atoms with Crippen molar-refractivity contribution in [2.24, 2.45) is 5.73 Å². The molecule has 0 spiro atoms. The summed E-state index contributed by atoms with van der Waals surface area (Å²) in [4.78, 5) is 0. The molecule has 1 unspecified atom stereocenters. The van der Waals surface area contributed by atoms with Crippen LogP contribution >= 0.6 is 23.2 Å². The minimum absolute atomic E-state index is 0.0940. The Labute approximate surface area is 122 Å². The molecule has 2 rings (SSSR count). The highest BCUT2D eigenvalue weighted by Gasteiger charge is 2.14. The molecule has 0 aliphatic heterocycles. The Morgan fingerprint density at radius 3 is 2.37 bits per heavy atom. The lowest BCUT2D eigenvalue weighted by Crippen LogP contribution is -2.15. The molecule has 1 atom stereocenters. The molecule has 0 aliphatic carbocycles. The number of halogens is 3. The van der Waals surface area contributed by atoms with Crippen molar-refractivity contribution in [3.63, 3.8) is 0 Å². The molecule has 1 nitrogen and oxygen atoms in total. The second kappa shape index (κ2) is 6.38. The van der Waals surface area contributed by atoms with Crippen molar-refractivity contribution in [1.82, 2.24) is 0 Å². The lowest BCUT2D eigenvalue weighted by Gasteiger charge is -2.16. The van der Waals surface area contributed by atoms with E-state index in [-0.39, 0.29) is 11.7 Å². The summed E-state index contributed by atoms with van der Waals surface area (Å²) in [7, 11) is 0. The molecule has 0 radical (unpaired) electrons. The second-order valence-corrected chi connectivity index (χ2v) is 5.19. The highest BCUT2D eigenvalue weighted by atomic mass is 35.5. The van der Waals surface area contributed by atoms with Crippen molar-refractivity contribution < 1.29 is 4.39 Å². The zero-order chi connectivity index (χ0) is 13.8. The topological polar surface area (TPSA) is 26.0 Å². The molecule has 0 saturated heterocycles. The first-order valence-corrected chi connectivity index (χ1v) is 6.76. The van der Waals surface area contributed by atoms with Crippen LogP contribution in [-0.2, 0) is 6.42 Å². The smallest absolute Gasteiger partial charge is 0.123 e. The van der Waals surface area contributed by atoms with Gasteiger partial charge in [-0.05, 0) is 42.3 Å². The molecule has 0 amide bonds. The van der Waals surface area contributed by atoms with Crippen LogP contribution < -0.4 is 5.73 Å². The van der Waals surface area contributed by atoms with Gasteiger partial charge >= 0.3 is 0 Å². The largest absolute Gasteiger partial charge is 0.330 e. The van der Waals surface area contributed by atoms with E-state index in [9.17, 15) is 4.39 Å². The normalized spacial score (nSPS) is 12.4. The summed E-state index contributed by atoms with van der Waals surface area (Å²) >= 11 is 12.2. The molecule has 0 aliphatic rings. The SMILES string of the molecule is NCC(Cc1cccc(Cl)c1Cl)c1ccc(F)cc1. The Kier molecular flexibility index (Phi) is 4.81. The molecule has 0 fully saturated rings. The lowest BCUT2D eigenvalue weighted by atomic mass is 9.92. The maximum Gasteiger partial charge on any atom is 0.123 e. The van der Waals surface area contributed by atoms with Crippen molar-refractivity contribution >= 4 is 23.2 Å². The van der Waals surface area contributed by atoms with Gasteiger partial charge in [-0.15, -0.1) is 0 Å². The van der Waals surface area contributed by atoms with Crippen molar-refractivity contribution in [3.8, 4) is 0 Å². The number of rotatable bonds is 4. The first kappa shape index (κ1) is 14.3. The summed E-state index contributed by atoms with van der Waals surface area (Å²) in [5.41, 5.74) is 7.76. The molecule has 4 heteroatoms. The first-order valence-electron chi connectivity index (χ1n) is 6.00. The average molecular weight is 298 g/mol. The van der Waals surface area contributed by atoms with Crippen LogP contribution in [0.1, 0.15) is 17.0 Å². The Morgan fingerprint density at radius 2 is 1.74 bits per heavy atom. The Balaban J connectivity index is 2.24. The standard InChI is InChI=1S/C15H14Cl2FN/c16-14-3-1-2-11(15(14)17)8-12(9-19)10-4-6-13(18)7-5-10/h1-7,12H,8-9,19H2. The molecule has 0 saturated carbocycles. The van der Waals surface area contributed by atoms with Gasteiger partial charge in [0, 0.05) is 5.92 Å². The van der Waals surface area contributed by atoms with E-state index >= 15 is 0 Å². The highest BCUT2D eigenvalue weighted by Crippen LogP contribution is 2.29. The summed E-state index contributed by atoms with van der Waals surface area (Å²) in [6.45, 7) is 0.467. The van der Waals surface area contributed by atoms with Crippen LogP contribution in [0, 0.1) is 5.82 Å². The van der Waals surface area contributed by atoms with Crippen molar-refractivity contribution in [1.29, 1.82) is 0 Å². The molecule has 2 aromatic carbocycles. The van der Waals surface area contributed by atoms with E-state index in [1.807, 2.05) is 12.1 Å². The van der Waals surface area contributed by atoms with Crippen molar-refractivity contribution in [3.05, 3.63) is 69.5 Å². The first-order chi connectivity index (χ1) is 9.11. The van der Waals surface area contributed by atoms with Gasteiger partial charge in [0.05, 0.1) is 10.0 Å². The minimum atomic E-state index is -0.250. The quantitative estimate of drug-likeness (QED) is 0.888. The zero-order valence-electron chi connectivity index (χ0n) is 10.2. The number of hydrogen-bond acceptors (Lipinski definition) is 1. The summed E-state index contributed by atoms with van der Waals surface area (Å²) in [6.07, 6.45) is 0.682. The fourth-order valence-corrected chi connectivity index (χ4v) is 2.44. The fraction of sp³-hybridized carbons (Fsp3) is 0.200. The van der Waals surface area contributed by atoms with Gasteiger partial charge in [-0.1, -0.05) is 47.5 Å². The Hall–Kier alpha value is -1.09. The predicted octanol–water partition coefficient (Wildman–Crippen LogP) is 4.42. The van der Waals surface area contributed by atoms with Gasteiger partial charge < -0.3 is 5.73 Å². The summed E-state index contributed by atoms with van der Waals surface area (Å²) in [5, 5.41) is 1.10. The fourth-order valence-electron chi connectivity index (χ4n) is 2.04. The average Bonchev–Trinajstić information content (AvgIpc) is 2.42. The minimum Gasteiger partial charge on any atom is -0.330 e. The van der Waals surface area contributed by atoms with E-state index in [4.69, 9.17) is 28.9 Å². The van der Waals surface area contributed by atoms with Crippen LogP contribution in [0.2, 0.25) is 10.0 Å². The number of benzene rings is 2. The summed E-state index contributed by atoms with van der Waals surface area (Å²) in [5.74, 6) is -0.156. The molecule has 2 N–H and O–H groups in total. The van der Waals surface area contributed by atoms with E-state index in [0.717, 1.165) is 11.1 Å². The highest BCUT2D eigenvalue weighted by molar-refractivity contribution is 6.42. The Morgan fingerprint density at radius 1 is 1.05 bits per heavy atom. The van der Waals surface area contributed by atoms with Crippen LogP contribution in [0.25, 0.3) is 0 Å². The van der Waals surface area contributed by atoms with Gasteiger partial charge in [0.1, 0.15) is 5.82 Å².